The van der Waals surface area contributed by atoms with Gasteiger partial charge in [0, 0.05) is 55.3 Å². The van der Waals surface area contributed by atoms with Gasteiger partial charge in [0.25, 0.3) is 5.90 Å². The Labute approximate surface area is 283 Å². The normalized spacial score (nSPS) is 17.4. The number of rotatable bonds is 12. The van der Waals surface area contributed by atoms with Crippen molar-refractivity contribution in [2.45, 2.75) is 57.5 Å². The van der Waals surface area contributed by atoms with Crippen molar-refractivity contribution in [1.82, 2.24) is 9.47 Å². The largest absolute Gasteiger partial charge is 0.492 e. The highest BCUT2D eigenvalue weighted by molar-refractivity contribution is 7.69. The average Bonchev–Trinajstić information content (AvgIpc) is 3.85. The van der Waals surface area contributed by atoms with Crippen molar-refractivity contribution in [3.63, 3.8) is 0 Å². The summed E-state index contributed by atoms with van der Waals surface area (Å²) in [7, 11) is -6.36. The fourth-order valence-electron chi connectivity index (χ4n) is 6.40. The van der Waals surface area contributed by atoms with Crippen LogP contribution in [-0.2, 0) is 23.9 Å². The zero-order valence-corrected chi connectivity index (χ0v) is 29.8. The van der Waals surface area contributed by atoms with Crippen molar-refractivity contribution in [2.24, 2.45) is 0 Å². The molecule has 14 nitrogen and oxygen atoms in total. The van der Waals surface area contributed by atoms with Gasteiger partial charge in [-0.25, -0.2) is 13.8 Å². The van der Waals surface area contributed by atoms with Crippen LogP contribution in [0, 0.1) is 5.82 Å². The molecule has 262 valence electrons. The summed E-state index contributed by atoms with van der Waals surface area (Å²) in [6.07, 6.45) is 2.74. The highest BCUT2D eigenvalue weighted by Crippen LogP contribution is 2.46. The van der Waals surface area contributed by atoms with Gasteiger partial charge in [0.1, 0.15) is 17.0 Å². The topological polar surface area (TPSA) is 193 Å². The number of nitrogens with zero attached hydrogens (tertiary/aromatic N) is 3. The molecule has 49 heavy (non-hydrogen) atoms. The smallest absolute Gasteiger partial charge is 0.395 e. The van der Waals surface area contributed by atoms with Crippen LogP contribution in [0.3, 0.4) is 0 Å². The summed E-state index contributed by atoms with van der Waals surface area (Å²) in [5.74, 6) is -3.03. The Hall–Kier alpha value is -3.73. The molecule has 2 heterocycles. The molecule has 2 fully saturated rings. The number of carboxylic acid groups (broad SMARTS) is 1. The summed E-state index contributed by atoms with van der Waals surface area (Å²) in [5, 5.41) is 9.66. The van der Waals surface area contributed by atoms with Crippen molar-refractivity contribution in [3.8, 4) is 11.5 Å². The van der Waals surface area contributed by atoms with Crippen LogP contribution in [0.5, 0.6) is 11.5 Å². The van der Waals surface area contributed by atoms with E-state index in [-0.39, 0.29) is 65.9 Å². The van der Waals surface area contributed by atoms with E-state index >= 15 is 4.39 Å². The summed E-state index contributed by atoms with van der Waals surface area (Å²) in [4.78, 5) is 60.7. The van der Waals surface area contributed by atoms with Crippen LogP contribution in [0.4, 0.5) is 10.1 Å². The summed E-state index contributed by atoms with van der Waals surface area (Å²) < 4.78 is 64.0. The number of methoxy groups -OCH3 is 1. The molecule has 18 heteroatoms. The number of halogens is 1. The molecule has 2 aromatic carbocycles. The second kappa shape index (κ2) is 13.9. The van der Waals surface area contributed by atoms with Gasteiger partial charge in [0.15, 0.2) is 16.9 Å². The molecule has 5 rings (SSSR count). The number of carbonyl (C=O) groups is 2. The number of carbonyl (C=O) groups excluding carboxylic acids is 1. The molecule has 3 N–H and O–H groups in total. The third-order valence-corrected chi connectivity index (χ3v) is 12.5. The van der Waals surface area contributed by atoms with Gasteiger partial charge in [-0.05, 0) is 44.0 Å². The molecule has 1 saturated heterocycles. The molecule has 0 radical (unpaired) electrons. The molecule has 1 aliphatic carbocycles. The standard InChI is InChI=1S/C31H35FN3O11P3/c1-17-14-33(27-23(32)12-20-26(29(27)45-4)35(18-5-6-18)15-21(28(20)37)30(38)39)9-10-34(17)25(36)13-31(2,3)22-11-19(7-8-24(22)46-47-40)48(41)16-49(42,43)44/h7-8,11-12,15,17-18H,5-6,9-10,13-14,16H2,1-4H3,(H2-,38,39,42,43,44)/p+1. The maximum absolute atomic E-state index is 15.9. The number of benzene rings is 2. The number of hydrogen-bond acceptors (Lipinski definition) is 9. The average molecular weight is 739 g/mol. The first-order valence-electron chi connectivity index (χ1n) is 15.3. The van der Waals surface area contributed by atoms with E-state index in [1.165, 1.54) is 31.5 Å². The predicted molar refractivity (Wildman–Crippen MR) is 180 cm³/mol. The van der Waals surface area contributed by atoms with Crippen molar-refractivity contribution in [3.05, 3.63) is 57.6 Å². The molecule has 3 aromatic rings. The van der Waals surface area contributed by atoms with E-state index in [1.54, 1.807) is 35.1 Å². The maximum Gasteiger partial charge on any atom is 0.395 e. The van der Waals surface area contributed by atoms with Gasteiger partial charge in [0.05, 0.1) is 18.0 Å². The molecular weight excluding hydrogens is 702 g/mol. The van der Waals surface area contributed by atoms with Crippen molar-refractivity contribution in [2.75, 3.05) is 37.5 Å². The molecule has 0 spiro atoms. The van der Waals surface area contributed by atoms with Crippen molar-refractivity contribution >= 4 is 57.9 Å². The zero-order chi connectivity index (χ0) is 36.0. The molecule has 1 aromatic heterocycles. The second-order valence-electron chi connectivity index (χ2n) is 12.9. The van der Waals surface area contributed by atoms with Gasteiger partial charge < -0.3 is 38.5 Å². The monoisotopic (exact) mass is 738 g/mol. The fourth-order valence-corrected chi connectivity index (χ4v) is 9.15. The number of anilines is 1. The first-order valence-corrected chi connectivity index (χ1v) is 19.3. The number of hydrogen-bond donors (Lipinski definition) is 3. The lowest BCUT2D eigenvalue weighted by Crippen LogP contribution is -2.55. The Kier molecular flexibility index (Phi) is 10.4. The lowest BCUT2D eigenvalue weighted by molar-refractivity contribution is -0.134. The van der Waals surface area contributed by atoms with Crippen LogP contribution in [0.15, 0.2) is 35.3 Å². The Balaban J connectivity index is 1.41. The van der Waals surface area contributed by atoms with E-state index < -0.39 is 64.2 Å². The quantitative estimate of drug-likeness (QED) is 0.216. The van der Waals surface area contributed by atoms with Crippen LogP contribution in [0.1, 0.15) is 62.0 Å². The maximum atomic E-state index is 15.9. The number of ether oxygens (including phenoxy) is 1. The van der Waals surface area contributed by atoms with E-state index in [0.717, 1.165) is 18.9 Å². The predicted octanol–water partition coefficient (Wildman–Crippen LogP) is 4.76. The minimum atomic E-state index is -4.58. The zero-order valence-electron chi connectivity index (χ0n) is 27.2. The van der Waals surface area contributed by atoms with Crippen LogP contribution in [0.25, 0.3) is 10.9 Å². The van der Waals surface area contributed by atoms with E-state index in [2.05, 4.69) is 0 Å². The highest BCUT2D eigenvalue weighted by atomic mass is 31.2. The minimum Gasteiger partial charge on any atom is -0.492 e. The first-order chi connectivity index (χ1) is 23.0. The van der Waals surface area contributed by atoms with Crippen LogP contribution in [0.2, 0.25) is 0 Å². The van der Waals surface area contributed by atoms with E-state index in [9.17, 15) is 43.0 Å². The summed E-state index contributed by atoms with van der Waals surface area (Å²) in [5.41, 5.74) is -1.45. The molecule has 2 unspecified atom stereocenters. The number of fused-ring (bicyclic) bond motifs is 1. The number of aromatic nitrogens is 1. The molecule has 1 amide bonds. The third kappa shape index (κ3) is 7.56. The van der Waals surface area contributed by atoms with Gasteiger partial charge >= 0.3 is 30.1 Å². The van der Waals surface area contributed by atoms with E-state index in [4.69, 9.17) is 9.26 Å². The lowest BCUT2D eigenvalue weighted by Gasteiger charge is -2.42. The van der Waals surface area contributed by atoms with Gasteiger partial charge in [-0.1, -0.05) is 18.4 Å². The number of amides is 1. The van der Waals surface area contributed by atoms with Gasteiger partial charge in [-0.3, -0.25) is 14.2 Å². The molecule has 2 aliphatic rings. The van der Waals surface area contributed by atoms with Gasteiger partial charge in [-0.15, -0.1) is 0 Å². The van der Waals surface area contributed by atoms with Gasteiger partial charge in [-0.2, -0.15) is 0 Å². The number of carboxylic acids is 1. The summed E-state index contributed by atoms with van der Waals surface area (Å²) in [6, 6.07) is 4.78. The SMILES string of the molecule is COc1c(N2CCN(C(=O)CC(C)(C)c3cc([P+](=O)CP(=O)(O)O)ccc3OP=O)C(C)C2)c(F)cc2c(=O)c(C(=O)O)cn(C3CC3)c12. The van der Waals surface area contributed by atoms with E-state index in [0.29, 0.717) is 11.1 Å². The summed E-state index contributed by atoms with van der Waals surface area (Å²) in [6.45, 7) is 5.88. The Morgan fingerprint density at radius 2 is 1.88 bits per heavy atom. The second-order valence-corrected chi connectivity index (χ2v) is 17.0. The van der Waals surface area contributed by atoms with Gasteiger partial charge in [0.2, 0.25) is 11.3 Å². The Morgan fingerprint density at radius 3 is 2.45 bits per heavy atom. The fraction of sp³-hybridized carbons (Fsp3) is 0.452. The molecule has 1 saturated carbocycles. The molecule has 2 atom stereocenters. The summed E-state index contributed by atoms with van der Waals surface area (Å²) >= 11 is 0. The minimum absolute atomic E-state index is 0.0587. The number of pyridine rings is 1. The van der Waals surface area contributed by atoms with Crippen LogP contribution < -0.4 is 24.9 Å². The first kappa shape index (κ1) is 36.5. The lowest BCUT2D eigenvalue weighted by atomic mass is 9.80. The molecular formula is C31H36FN3O11P3+. The molecule has 1 aliphatic heterocycles. The van der Waals surface area contributed by atoms with Crippen molar-refractivity contribution < 1.29 is 51.8 Å². The Bertz CT molecular complexity index is 1980. The third-order valence-electron chi connectivity index (χ3n) is 8.86. The van der Waals surface area contributed by atoms with E-state index in [1.807, 2.05) is 0 Å². The van der Waals surface area contributed by atoms with Crippen LogP contribution in [-0.4, -0.2) is 74.9 Å². The van der Waals surface area contributed by atoms with Crippen LogP contribution >= 0.6 is 24.1 Å². The molecule has 0 bridgehead atoms. The number of piperazine rings is 1. The Morgan fingerprint density at radius 1 is 1.18 bits per heavy atom. The van der Waals surface area contributed by atoms with Crippen molar-refractivity contribution in [1.29, 1.82) is 0 Å². The number of aromatic carboxylic acids is 1. The highest BCUT2D eigenvalue weighted by Gasteiger charge is 2.38.